The van der Waals surface area contributed by atoms with Gasteiger partial charge in [-0.05, 0) is 84.7 Å². The number of halogens is 3. The molecule has 0 heterocycles. The molecule has 33 heavy (non-hydrogen) atoms. The second-order valence-corrected chi connectivity index (χ2v) is 11.0. The highest BCUT2D eigenvalue weighted by Gasteiger charge is 2.45. The molecule has 2 aromatic rings. The number of alkyl halides is 3. The highest BCUT2D eigenvalue weighted by Crippen LogP contribution is 2.47. The smallest absolute Gasteiger partial charge is 0.420 e. The minimum Gasteiger partial charge on any atom is -0.490 e. The lowest BCUT2D eigenvalue weighted by atomic mass is 9.59. The van der Waals surface area contributed by atoms with Crippen molar-refractivity contribution in [2.24, 2.45) is 17.3 Å². The minimum absolute atomic E-state index is 0.0262. The average molecular weight is 462 g/mol. The molecule has 2 fully saturated rings. The van der Waals surface area contributed by atoms with Gasteiger partial charge in [0.15, 0.2) is 0 Å². The van der Waals surface area contributed by atoms with Gasteiger partial charge in [-0.15, -0.1) is 0 Å². The van der Waals surface area contributed by atoms with Crippen LogP contribution in [0.4, 0.5) is 13.2 Å². The van der Waals surface area contributed by atoms with Crippen LogP contribution in [-0.4, -0.2) is 12.1 Å². The summed E-state index contributed by atoms with van der Waals surface area (Å²) >= 11 is 0. The van der Waals surface area contributed by atoms with E-state index in [-0.39, 0.29) is 28.7 Å². The standard InChI is InChI=1S/C28H38F3NO/c1-6-19-7-12-22(13-8-19)33-24-14-11-20-9-10-21(16-23(20)26(24)28(29,30)31)18(3)32-25-15-17(2)27(25,4)5/h9-11,14,16-19,22,25,32H,6-8,12-13,15H2,1-5H3. The molecule has 3 atom stereocenters. The van der Waals surface area contributed by atoms with Gasteiger partial charge in [-0.3, -0.25) is 0 Å². The molecule has 2 saturated carbocycles. The molecule has 0 bridgehead atoms. The molecular formula is C28H38F3NO. The van der Waals surface area contributed by atoms with Crippen molar-refractivity contribution in [1.82, 2.24) is 5.32 Å². The molecule has 0 radical (unpaired) electrons. The number of rotatable bonds is 6. The molecule has 0 aliphatic heterocycles. The number of fused-ring (bicyclic) bond motifs is 1. The second-order valence-electron chi connectivity index (χ2n) is 11.0. The average Bonchev–Trinajstić information content (AvgIpc) is 2.77. The van der Waals surface area contributed by atoms with E-state index in [1.165, 1.54) is 6.07 Å². The highest BCUT2D eigenvalue weighted by molar-refractivity contribution is 5.89. The molecular weight excluding hydrogens is 423 g/mol. The van der Waals surface area contributed by atoms with Crippen LogP contribution in [0.15, 0.2) is 30.3 Å². The van der Waals surface area contributed by atoms with Gasteiger partial charge in [-0.1, -0.05) is 52.3 Å². The van der Waals surface area contributed by atoms with E-state index < -0.39 is 11.7 Å². The summed E-state index contributed by atoms with van der Waals surface area (Å²) in [5, 5.41) is 4.48. The number of ether oxygens (including phenoxy) is 1. The Labute approximate surface area is 196 Å². The van der Waals surface area contributed by atoms with Crippen molar-refractivity contribution in [3.8, 4) is 5.75 Å². The Kier molecular flexibility index (Phi) is 6.74. The van der Waals surface area contributed by atoms with Crippen molar-refractivity contribution in [1.29, 1.82) is 0 Å². The second kappa shape index (κ2) is 9.13. The lowest BCUT2D eigenvalue weighted by Crippen LogP contribution is -2.56. The minimum atomic E-state index is -4.48. The number of benzene rings is 2. The third-order valence-electron chi connectivity index (χ3n) is 8.66. The van der Waals surface area contributed by atoms with Crippen molar-refractivity contribution in [3.05, 3.63) is 41.5 Å². The number of hydrogen-bond donors (Lipinski definition) is 1. The Morgan fingerprint density at radius 1 is 1.09 bits per heavy atom. The normalized spacial score (nSPS) is 28.4. The zero-order valence-corrected chi connectivity index (χ0v) is 20.6. The third kappa shape index (κ3) is 4.89. The molecule has 1 N–H and O–H groups in total. The Hall–Kier alpha value is -1.75. The van der Waals surface area contributed by atoms with E-state index in [1.54, 1.807) is 12.1 Å². The Morgan fingerprint density at radius 3 is 2.33 bits per heavy atom. The largest absolute Gasteiger partial charge is 0.490 e. The molecule has 2 nitrogen and oxygen atoms in total. The summed E-state index contributed by atoms with van der Waals surface area (Å²) in [6.45, 7) is 11.0. The molecule has 0 saturated heterocycles. The lowest BCUT2D eigenvalue weighted by Gasteiger charge is -2.52. The van der Waals surface area contributed by atoms with Crippen LogP contribution >= 0.6 is 0 Å². The van der Waals surface area contributed by atoms with Crippen LogP contribution in [0.5, 0.6) is 5.75 Å². The van der Waals surface area contributed by atoms with Gasteiger partial charge in [-0.2, -0.15) is 13.2 Å². The monoisotopic (exact) mass is 461 g/mol. The summed E-state index contributed by atoms with van der Waals surface area (Å²) in [4.78, 5) is 0. The number of nitrogens with one attached hydrogen (secondary N) is 1. The van der Waals surface area contributed by atoms with Gasteiger partial charge in [0.05, 0.1) is 6.10 Å². The van der Waals surface area contributed by atoms with Crippen molar-refractivity contribution >= 4 is 10.8 Å². The Morgan fingerprint density at radius 2 is 1.76 bits per heavy atom. The summed E-state index contributed by atoms with van der Waals surface area (Å²) in [5.41, 5.74) is 0.438. The predicted octanol–water partition coefficient (Wildman–Crippen LogP) is 8.29. The first-order chi connectivity index (χ1) is 15.5. The van der Waals surface area contributed by atoms with Crippen molar-refractivity contribution in [2.45, 2.75) is 97.5 Å². The summed E-state index contributed by atoms with van der Waals surface area (Å²) in [5.74, 6) is 1.29. The van der Waals surface area contributed by atoms with E-state index >= 15 is 0 Å². The lowest BCUT2D eigenvalue weighted by molar-refractivity contribution is -0.138. The van der Waals surface area contributed by atoms with Crippen LogP contribution in [0.3, 0.4) is 0 Å². The van der Waals surface area contributed by atoms with Crippen LogP contribution in [0.2, 0.25) is 0 Å². The van der Waals surface area contributed by atoms with E-state index in [1.807, 2.05) is 19.1 Å². The number of hydrogen-bond acceptors (Lipinski definition) is 2. The van der Waals surface area contributed by atoms with Gasteiger partial charge in [0, 0.05) is 12.1 Å². The van der Waals surface area contributed by atoms with E-state index in [0.29, 0.717) is 23.3 Å². The molecule has 2 aliphatic rings. The van der Waals surface area contributed by atoms with Gasteiger partial charge in [-0.25, -0.2) is 0 Å². The van der Waals surface area contributed by atoms with E-state index in [4.69, 9.17) is 4.74 Å². The van der Waals surface area contributed by atoms with Crippen LogP contribution in [-0.2, 0) is 6.18 Å². The summed E-state index contributed by atoms with van der Waals surface area (Å²) in [6, 6.07) is 9.08. The summed E-state index contributed by atoms with van der Waals surface area (Å²) in [6.07, 6.45) is 1.31. The molecule has 0 aromatic heterocycles. The van der Waals surface area contributed by atoms with Crippen molar-refractivity contribution < 1.29 is 17.9 Å². The maximum absolute atomic E-state index is 14.3. The molecule has 0 spiro atoms. The first-order valence-corrected chi connectivity index (χ1v) is 12.6. The van der Waals surface area contributed by atoms with Gasteiger partial charge in [0.2, 0.25) is 0 Å². The molecule has 0 amide bonds. The fraction of sp³-hybridized carbons (Fsp3) is 0.643. The van der Waals surface area contributed by atoms with Gasteiger partial charge in [0.1, 0.15) is 11.3 Å². The molecule has 3 unspecified atom stereocenters. The molecule has 5 heteroatoms. The first kappa shape index (κ1) is 24.4. The van der Waals surface area contributed by atoms with Crippen LogP contribution < -0.4 is 10.1 Å². The zero-order chi connectivity index (χ0) is 24.0. The maximum Gasteiger partial charge on any atom is 0.420 e. The van der Waals surface area contributed by atoms with Crippen LogP contribution in [0, 0.1) is 17.3 Å². The van der Waals surface area contributed by atoms with Crippen molar-refractivity contribution in [2.75, 3.05) is 0 Å². The van der Waals surface area contributed by atoms with E-state index in [0.717, 1.165) is 44.1 Å². The zero-order valence-electron chi connectivity index (χ0n) is 20.6. The van der Waals surface area contributed by atoms with Crippen LogP contribution in [0.25, 0.3) is 10.8 Å². The predicted molar refractivity (Wildman–Crippen MR) is 129 cm³/mol. The summed E-state index contributed by atoms with van der Waals surface area (Å²) in [7, 11) is 0. The first-order valence-electron chi connectivity index (χ1n) is 12.6. The van der Waals surface area contributed by atoms with Gasteiger partial charge >= 0.3 is 6.18 Å². The van der Waals surface area contributed by atoms with Crippen molar-refractivity contribution in [3.63, 3.8) is 0 Å². The van der Waals surface area contributed by atoms with Gasteiger partial charge in [0.25, 0.3) is 0 Å². The maximum atomic E-state index is 14.3. The molecule has 2 aromatic carbocycles. The van der Waals surface area contributed by atoms with E-state index in [9.17, 15) is 13.2 Å². The van der Waals surface area contributed by atoms with E-state index in [2.05, 4.69) is 33.0 Å². The molecule has 2 aliphatic carbocycles. The molecule has 182 valence electrons. The summed E-state index contributed by atoms with van der Waals surface area (Å²) < 4.78 is 48.9. The SMILES string of the molecule is CCC1CCC(Oc2ccc3ccc(C(C)NC4CC(C)C4(C)C)cc3c2C(F)(F)F)CC1. The van der Waals surface area contributed by atoms with Gasteiger partial charge < -0.3 is 10.1 Å². The highest BCUT2D eigenvalue weighted by atomic mass is 19.4. The Balaban J connectivity index is 1.62. The molecule has 4 rings (SSSR count). The Bertz CT molecular complexity index is 975. The fourth-order valence-corrected chi connectivity index (χ4v) is 5.64. The topological polar surface area (TPSA) is 21.3 Å². The fourth-order valence-electron chi connectivity index (χ4n) is 5.64. The van der Waals surface area contributed by atoms with Crippen LogP contribution in [0.1, 0.15) is 90.3 Å². The quantitative estimate of drug-likeness (QED) is 0.467. The third-order valence-corrected chi connectivity index (χ3v) is 8.66.